The van der Waals surface area contributed by atoms with Crippen LogP contribution in [0.1, 0.15) is 103 Å². The van der Waals surface area contributed by atoms with E-state index >= 15 is 0 Å². The lowest BCUT2D eigenvalue weighted by Gasteiger charge is -2.04. The average Bonchev–Trinajstić information content (AvgIpc) is 2.90. The van der Waals surface area contributed by atoms with Crippen LogP contribution >= 0.6 is 0 Å². The van der Waals surface area contributed by atoms with Gasteiger partial charge in [-0.2, -0.15) is 0 Å². The van der Waals surface area contributed by atoms with Gasteiger partial charge in [-0.1, -0.05) is 78.1 Å². The highest BCUT2D eigenvalue weighted by atomic mass is 15.1. The molecule has 134 valence electrons. The Hall–Kier alpha value is -0.790. The zero-order chi connectivity index (χ0) is 16.8. The first kappa shape index (κ1) is 20.3. The number of imidazole rings is 1. The molecular formula is C21H41N2+. The van der Waals surface area contributed by atoms with Gasteiger partial charge in [-0.15, -0.1) is 0 Å². The summed E-state index contributed by atoms with van der Waals surface area (Å²) in [6.45, 7) is 5.77. The van der Waals surface area contributed by atoms with E-state index in [0.29, 0.717) is 0 Å². The maximum Gasteiger partial charge on any atom is 0.256 e. The summed E-state index contributed by atoms with van der Waals surface area (Å²) >= 11 is 0. The Morgan fingerprint density at radius 1 is 0.739 bits per heavy atom. The van der Waals surface area contributed by atoms with Gasteiger partial charge in [0, 0.05) is 6.42 Å². The number of aromatic nitrogens is 2. The van der Waals surface area contributed by atoms with Crippen LogP contribution in [0.3, 0.4) is 0 Å². The SMILES string of the molecule is CCCCCCCCCCCCc1n(CCCCC)cc[n+]1C. The van der Waals surface area contributed by atoms with Crippen molar-refractivity contribution in [1.29, 1.82) is 0 Å². The molecule has 0 aliphatic carbocycles. The molecule has 0 saturated heterocycles. The van der Waals surface area contributed by atoms with Crippen LogP contribution in [0, 0.1) is 0 Å². The highest BCUT2D eigenvalue weighted by molar-refractivity contribution is 4.84. The molecule has 1 aromatic rings. The topological polar surface area (TPSA) is 8.81 Å². The predicted molar refractivity (Wildman–Crippen MR) is 101 cm³/mol. The van der Waals surface area contributed by atoms with E-state index in [1.165, 1.54) is 102 Å². The lowest BCUT2D eigenvalue weighted by molar-refractivity contribution is -0.678. The molecule has 2 heteroatoms. The molecule has 0 saturated carbocycles. The fourth-order valence-corrected chi connectivity index (χ4v) is 3.38. The molecule has 0 radical (unpaired) electrons. The molecule has 0 aliphatic rings. The quantitative estimate of drug-likeness (QED) is 0.278. The van der Waals surface area contributed by atoms with Crippen molar-refractivity contribution in [3.63, 3.8) is 0 Å². The van der Waals surface area contributed by atoms with Gasteiger partial charge in [0.15, 0.2) is 0 Å². The number of unbranched alkanes of at least 4 members (excludes halogenated alkanes) is 11. The minimum atomic E-state index is 1.20. The van der Waals surface area contributed by atoms with Crippen LogP contribution in [0.5, 0.6) is 0 Å². The summed E-state index contributed by atoms with van der Waals surface area (Å²) in [7, 11) is 2.20. The third-order valence-corrected chi connectivity index (χ3v) is 4.97. The molecule has 23 heavy (non-hydrogen) atoms. The predicted octanol–water partition coefficient (Wildman–Crippen LogP) is 5.97. The van der Waals surface area contributed by atoms with Gasteiger partial charge in [0.25, 0.3) is 5.82 Å². The molecule has 0 amide bonds. The van der Waals surface area contributed by atoms with Crippen LogP contribution in [0.4, 0.5) is 0 Å². The number of aryl methyl sites for hydroxylation is 2. The normalized spacial score (nSPS) is 11.3. The molecule has 0 unspecified atom stereocenters. The summed E-state index contributed by atoms with van der Waals surface area (Å²) in [4.78, 5) is 0. The molecule has 0 aliphatic heterocycles. The Balaban J connectivity index is 2.08. The van der Waals surface area contributed by atoms with E-state index in [9.17, 15) is 0 Å². The third-order valence-electron chi connectivity index (χ3n) is 4.97. The van der Waals surface area contributed by atoms with Crippen LogP contribution < -0.4 is 4.57 Å². The van der Waals surface area contributed by atoms with Crippen molar-refractivity contribution in [3.8, 4) is 0 Å². The fourth-order valence-electron chi connectivity index (χ4n) is 3.38. The van der Waals surface area contributed by atoms with Crippen molar-refractivity contribution in [2.24, 2.45) is 7.05 Å². The van der Waals surface area contributed by atoms with Crippen LogP contribution in [0.15, 0.2) is 12.4 Å². The summed E-state index contributed by atoms with van der Waals surface area (Å²) in [6.07, 6.45) is 23.9. The summed E-state index contributed by atoms with van der Waals surface area (Å²) in [5, 5.41) is 0. The molecule has 1 heterocycles. The van der Waals surface area contributed by atoms with Gasteiger partial charge in [-0.05, 0) is 19.3 Å². The highest BCUT2D eigenvalue weighted by Crippen LogP contribution is 2.12. The molecule has 0 atom stereocenters. The average molecular weight is 322 g/mol. The Bertz CT molecular complexity index is 381. The van der Waals surface area contributed by atoms with E-state index in [2.05, 4.69) is 42.4 Å². The third kappa shape index (κ3) is 9.17. The fraction of sp³-hybridized carbons (Fsp3) is 0.857. The molecule has 1 aromatic heterocycles. The molecule has 1 rings (SSSR count). The second-order valence-corrected chi connectivity index (χ2v) is 7.16. The maximum absolute atomic E-state index is 2.48. The zero-order valence-electron chi connectivity index (χ0n) is 16.2. The molecule has 2 nitrogen and oxygen atoms in total. The monoisotopic (exact) mass is 321 g/mol. The lowest BCUT2D eigenvalue weighted by atomic mass is 10.1. The standard InChI is InChI=1S/C21H41N2/c1-4-6-8-9-10-11-12-13-14-15-17-21-22(3)19-20-23(21)18-16-7-5-2/h19-20H,4-18H2,1-3H3/q+1. The van der Waals surface area contributed by atoms with Gasteiger partial charge < -0.3 is 0 Å². The molecule has 0 spiro atoms. The summed E-state index contributed by atoms with van der Waals surface area (Å²) in [5.41, 5.74) is 0. The van der Waals surface area contributed by atoms with E-state index in [0.717, 1.165) is 0 Å². The summed E-state index contributed by atoms with van der Waals surface area (Å²) in [5.74, 6) is 1.51. The van der Waals surface area contributed by atoms with Gasteiger partial charge in [-0.3, -0.25) is 0 Å². The van der Waals surface area contributed by atoms with E-state index in [1.54, 1.807) is 0 Å². The molecule has 0 aromatic carbocycles. The lowest BCUT2D eigenvalue weighted by Crippen LogP contribution is -2.32. The zero-order valence-corrected chi connectivity index (χ0v) is 16.2. The second-order valence-electron chi connectivity index (χ2n) is 7.16. The van der Waals surface area contributed by atoms with Crippen LogP contribution in [-0.2, 0) is 20.0 Å². The van der Waals surface area contributed by atoms with Crippen molar-refractivity contribution in [2.75, 3.05) is 0 Å². The largest absolute Gasteiger partial charge is 0.256 e. The van der Waals surface area contributed by atoms with Crippen LogP contribution in [0.2, 0.25) is 0 Å². The summed E-state index contributed by atoms with van der Waals surface area (Å²) in [6, 6.07) is 0. The first-order valence-corrected chi connectivity index (χ1v) is 10.3. The molecule has 0 N–H and O–H groups in total. The van der Waals surface area contributed by atoms with E-state index in [4.69, 9.17) is 0 Å². The first-order valence-electron chi connectivity index (χ1n) is 10.3. The van der Waals surface area contributed by atoms with Crippen molar-refractivity contribution in [3.05, 3.63) is 18.2 Å². The van der Waals surface area contributed by atoms with Crippen molar-refractivity contribution in [2.45, 2.75) is 110 Å². The maximum atomic E-state index is 2.48. The Labute approximate surface area is 145 Å². The first-order chi connectivity index (χ1) is 11.3. The number of hydrogen-bond donors (Lipinski definition) is 0. The smallest absolute Gasteiger partial charge is 0.237 e. The minimum absolute atomic E-state index is 1.20. The Morgan fingerprint density at radius 2 is 1.26 bits per heavy atom. The van der Waals surface area contributed by atoms with E-state index < -0.39 is 0 Å². The second kappa shape index (κ2) is 13.6. The molecular weight excluding hydrogens is 280 g/mol. The van der Waals surface area contributed by atoms with Crippen molar-refractivity contribution >= 4 is 0 Å². The van der Waals surface area contributed by atoms with E-state index in [1.807, 2.05) is 0 Å². The number of rotatable bonds is 15. The number of nitrogens with zero attached hydrogens (tertiary/aromatic N) is 2. The summed E-state index contributed by atoms with van der Waals surface area (Å²) < 4.78 is 4.79. The van der Waals surface area contributed by atoms with Gasteiger partial charge in [0.2, 0.25) is 0 Å². The van der Waals surface area contributed by atoms with Gasteiger partial charge in [0.05, 0.1) is 13.6 Å². The Morgan fingerprint density at radius 3 is 1.87 bits per heavy atom. The molecule has 0 bridgehead atoms. The molecule has 0 fully saturated rings. The van der Waals surface area contributed by atoms with E-state index in [-0.39, 0.29) is 0 Å². The highest BCUT2D eigenvalue weighted by Gasteiger charge is 2.13. The van der Waals surface area contributed by atoms with Gasteiger partial charge in [-0.25, -0.2) is 9.13 Å². The van der Waals surface area contributed by atoms with Gasteiger partial charge in [0.1, 0.15) is 12.4 Å². The van der Waals surface area contributed by atoms with Crippen molar-refractivity contribution < 1.29 is 4.57 Å². The Kier molecular flexibility index (Phi) is 12.0. The van der Waals surface area contributed by atoms with Crippen molar-refractivity contribution in [1.82, 2.24) is 4.57 Å². The van der Waals surface area contributed by atoms with Gasteiger partial charge >= 0.3 is 0 Å². The number of hydrogen-bond acceptors (Lipinski definition) is 0. The van der Waals surface area contributed by atoms with Crippen LogP contribution in [-0.4, -0.2) is 4.57 Å². The van der Waals surface area contributed by atoms with Crippen LogP contribution in [0.25, 0.3) is 0 Å². The minimum Gasteiger partial charge on any atom is -0.237 e.